The van der Waals surface area contributed by atoms with E-state index in [0.29, 0.717) is 5.69 Å². The van der Waals surface area contributed by atoms with E-state index < -0.39 is 0 Å². The van der Waals surface area contributed by atoms with E-state index in [1.165, 1.54) is 6.07 Å². The third kappa shape index (κ3) is 3.25. The molecule has 0 aliphatic rings. The fraction of sp³-hybridized carbons (Fsp3) is 0.133. The van der Waals surface area contributed by atoms with Crippen LogP contribution in [0.3, 0.4) is 0 Å². The lowest BCUT2D eigenvalue weighted by molar-refractivity contribution is 0.262. The summed E-state index contributed by atoms with van der Waals surface area (Å²) in [6, 6.07) is 13.9. The molecule has 0 atom stereocenters. The summed E-state index contributed by atoms with van der Waals surface area (Å²) in [7, 11) is 0. The zero-order valence-corrected chi connectivity index (χ0v) is 10.7. The number of urea groups is 1. The van der Waals surface area contributed by atoms with Crippen molar-refractivity contribution in [3.8, 4) is 5.75 Å². The summed E-state index contributed by atoms with van der Waals surface area (Å²) >= 11 is 0. The molecular weight excluding hydrogens is 240 g/mol. The second-order valence-electron chi connectivity index (χ2n) is 4.11. The molecule has 0 saturated heterocycles. The van der Waals surface area contributed by atoms with Crippen LogP contribution in [0, 0.1) is 0 Å². The van der Waals surface area contributed by atoms with Gasteiger partial charge in [-0.05, 0) is 30.2 Å². The summed E-state index contributed by atoms with van der Waals surface area (Å²) < 4.78 is 0. The van der Waals surface area contributed by atoms with Gasteiger partial charge in [-0.25, -0.2) is 4.79 Å². The van der Waals surface area contributed by atoms with E-state index in [1.807, 2.05) is 31.2 Å². The number of aromatic hydroxyl groups is 1. The Balaban J connectivity index is 2.08. The van der Waals surface area contributed by atoms with Crippen molar-refractivity contribution in [3.63, 3.8) is 0 Å². The Kier molecular flexibility index (Phi) is 4.03. The summed E-state index contributed by atoms with van der Waals surface area (Å²) in [5.74, 6) is 0.0430. The van der Waals surface area contributed by atoms with Crippen molar-refractivity contribution in [2.24, 2.45) is 0 Å². The van der Waals surface area contributed by atoms with Gasteiger partial charge in [0.15, 0.2) is 0 Å². The number of nitrogens with one attached hydrogen (secondary N) is 2. The Morgan fingerprint density at radius 1 is 1.00 bits per heavy atom. The third-order valence-electron chi connectivity index (χ3n) is 2.80. The van der Waals surface area contributed by atoms with Gasteiger partial charge in [-0.1, -0.05) is 37.3 Å². The number of amides is 2. The zero-order chi connectivity index (χ0) is 13.7. The summed E-state index contributed by atoms with van der Waals surface area (Å²) in [5, 5.41) is 15.0. The van der Waals surface area contributed by atoms with Crippen molar-refractivity contribution in [1.29, 1.82) is 0 Å². The number of para-hydroxylation sites is 3. The second kappa shape index (κ2) is 5.91. The van der Waals surface area contributed by atoms with E-state index in [-0.39, 0.29) is 11.8 Å². The predicted octanol–water partition coefficient (Wildman–Crippen LogP) is 3.60. The van der Waals surface area contributed by atoms with Crippen molar-refractivity contribution in [2.45, 2.75) is 13.3 Å². The van der Waals surface area contributed by atoms with Gasteiger partial charge >= 0.3 is 6.03 Å². The molecule has 0 spiro atoms. The minimum absolute atomic E-state index is 0.0430. The van der Waals surface area contributed by atoms with Gasteiger partial charge in [0.25, 0.3) is 0 Å². The number of anilines is 2. The third-order valence-corrected chi connectivity index (χ3v) is 2.80. The monoisotopic (exact) mass is 256 g/mol. The van der Waals surface area contributed by atoms with Crippen LogP contribution in [-0.4, -0.2) is 11.1 Å². The Labute approximate surface area is 112 Å². The average Bonchev–Trinajstić information content (AvgIpc) is 2.42. The van der Waals surface area contributed by atoms with Gasteiger partial charge in [-0.15, -0.1) is 0 Å². The van der Waals surface area contributed by atoms with Crippen LogP contribution in [0.1, 0.15) is 12.5 Å². The number of phenolic OH excluding ortho intramolecular Hbond substituents is 1. The molecule has 0 fully saturated rings. The summed E-state index contributed by atoms with van der Waals surface area (Å²) in [4.78, 5) is 11.9. The van der Waals surface area contributed by atoms with E-state index in [4.69, 9.17) is 0 Å². The summed E-state index contributed by atoms with van der Waals surface area (Å²) in [6.07, 6.45) is 0.840. The maximum absolute atomic E-state index is 11.9. The van der Waals surface area contributed by atoms with E-state index in [0.717, 1.165) is 17.7 Å². The van der Waals surface area contributed by atoms with E-state index >= 15 is 0 Å². The molecule has 19 heavy (non-hydrogen) atoms. The molecule has 0 bridgehead atoms. The van der Waals surface area contributed by atoms with Gasteiger partial charge < -0.3 is 15.7 Å². The maximum Gasteiger partial charge on any atom is 0.323 e. The minimum Gasteiger partial charge on any atom is -0.506 e. The molecule has 2 amide bonds. The first-order valence-corrected chi connectivity index (χ1v) is 6.14. The number of carbonyl (C=O) groups is 1. The molecule has 0 heterocycles. The number of hydrogen-bond donors (Lipinski definition) is 3. The predicted molar refractivity (Wildman–Crippen MR) is 76.6 cm³/mol. The first-order chi connectivity index (χ1) is 9.20. The molecule has 0 radical (unpaired) electrons. The van der Waals surface area contributed by atoms with Crippen LogP contribution in [0.15, 0.2) is 48.5 Å². The molecule has 4 heteroatoms. The first-order valence-electron chi connectivity index (χ1n) is 6.14. The van der Waals surface area contributed by atoms with Gasteiger partial charge in [0.1, 0.15) is 5.75 Å². The van der Waals surface area contributed by atoms with Crippen molar-refractivity contribution in [2.75, 3.05) is 10.6 Å². The lowest BCUT2D eigenvalue weighted by Crippen LogP contribution is -2.20. The molecule has 98 valence electrons. The minimum atomic E-state index is -0.373. The number of hydrogen-bond acceptors (Lipinski definition) is 2. The van der Waals surface area contributed by atoms with E-state index in [9.17, 15) is 9.90 Å². The van der Waals surface area contributed by atoms with Crippen LogP contribution in [0.2, 0.25) is 0 Å². The largest absolute Gasteiger partial charge is 0.506 e. The molecule has 0 aliphatic carbocycles. The van der Waals surface area contributed by atoms with Crippen molar-refractivity contribution < 1.29 is 9.90 Å². The molecule has 2 aromatic rings. The number of rotatable bonds is 3. The van der Waals surface area contributed by atoms with Crippen LogP contribution in [-0.2, 0) is 6.42 Å². The highest BCUT2D eigenvalue weighted by Gasteiger charge is 2.07. The Bertz CT molecular complexity index is 582. The van der Waals surface area contributed by atoms with Crippen LogP contribution in [0.5, 0.6) is 5.75 Å². The normalized spacial score (nSPS) is 9.95. The van der Waals surface area contributed by atoms with Gasteiger partial charge in [-0.3, -0.25) is 0 Å². The van der Waals surface area contributed by atoms with Gasteiger partial charge in [-0.2, -0.15) is 0 Å². The van der Waals surface area contributed by atoms with E-state index in [2.05, 4.69) is 10.6 Å². The van der Waals surface area contributed by atoms with Crippen molar-refractivity contribution >= 4 is 17.4 Å². The molecule has 0 aromatic heterocycles. The Morgan fingerprint density at radius 2 is 1.58 bits per heavy atom. The Morgan fingerprint density at radius 3 is 2.26 bits per heavy atom. The number of phenols is 1. The summed E-state index contributed by atoms with van der Waals surface area (Å²) in [5.41, 5.74) is 2.22. The van der Waals surface area contributed by atoms with Gasteiger partial charge in [0.2, 0.25) is 0 Å². The fourth-order valence-corrected chi connectivity index (χ4v) is 1.81. The maximum atomic E-state index is 11.9. The molecule has 2 rings (SSSR count). The topological polar surface area (TPSA) is 61.4 Å². The zero-order valence-electron chi connectivity index (χ0n) is 10.7. The number of benzene rings is 2. The van der Waals surface area contributed by atoms with E-state index in [1.54, 1.807) is 18.2 Å². The van der Waals surface area contributed by atoms with Crippen LogP contribution >= 0.6 is 0 Å². The smallest absolute Gasteiger partial charge is 0.323 e. The van der Waals surface area contributed by atoms with Crippen molar-refractivity contribution in [3.05, 3.63) is 54.1 Å². The molecule has 0 aliphatic heterocycles. The highest BCUT2D eigenvalue weighted by molar-refractivity contribution is 6.01. The van der Waals surface area contributed by atoms with Crippen LogP contribution < -0.4 is 10.6 Å². The quantitative estimate of drug-likeness (QED) is 0.735. The van der Waals surface area contributed by atoms with Gasteiger partial charge in [0, 0.05) is 5.69 Å². The molecule has 3 N–H and O–H groups in total. The molecule has 4 nitrogen and oxygen atoms in total. The highest BCUT2D eigenvalue weighted by Crippen LogP contribution is 2.22. The fourth-order valence-electron chi connectivity index (χ4n) is 1.81. The molecule has 0 unspecified atom stereocenters. The standard InChI is InChI=1S/C15H16N2O2/c1-2-11-7-3-4-8-12(11)16-15(19)17-13-9-5-6-10-14(13)18/h3-10,18H,2H2,1H3,(H2,16,17,19). The number of carbonyl (C=O) groups excluding carboxylic acids is 1. The molecule has 2 aromatic carbocycles. The highest BCUT2D eigenvalue weighted by atomic mass is 16.3. The first kappa shape index (κ1) is 13.0. The molecular formula is C15H16N2O2. The van der Waals surface area contributed by atoms with Gasteiger partial charge in [0.05, 0.1) is 5.69 Å². The van der Waals surface area contributed by atoms with Crippen LogP contribution in [0.25, 0.3) is 0 Å². The Hall–Kier alpha value is -2.49. The summed E-state index contributed by atoms with van der Waals surface area (Å²) in [6.45, 7) is 2.03. The van der Waals surface area contributed by atoms with Crippen LogP contribution in [0.4, 0.5) is 16.2 Å². The average molecular weight is 256 g/mol. The second-order valence-corrected chi connectivity index (χ2v) is 4.11. The lowest BCUT2D eigenvalue weighted by Gasteiger charge is -2.11. The van der Waals surface area contributed by atoms with Crippen molar-refractivity contribution in [1.82, 2.24) is 0 Å². The molecule has 0 saturated carbocycles. The SMILES string of the molecule is CCc1ccccc1NC(=O)Nc1ccccc1O. The lowest BCUT2D eigenvalue weighted by atomic mass is 10.1. The number of aryl methyl sites for hydroxylation is 1.